The number of phenolic OH excluding ortho intramolecular Hbond substituents is 1. The first-order valence-corrected chi connectivity index (χ1v) is 7.06. The predicted molar refractivity (Wildman–Crippen MR) is 84.0 cm³/mol. The van der Waals surface area contributed by atoms with Gasteiger partial charge < -0.3 is 10.4 Å². The van der Waals surface area contributed by atoms with Crippen molar-refractivity contribution in [3.05, 3.63) is 56.9 Å². The Hall–Kier alpha value is -1.30. The van der Waals surface area contributed by atoms with Gasteiger partial charge in [-0.25, -0.2) is 4.39 Å². The maximum Gasteiger partial charge on any atom is 0.123 e. The van der Waals surface area contributed by atoms with Gasteiger partial charge >= 0.3 is 0 Å². The summed E-state index contributed by atoms with van der Waals surface area (Å²) in [7, 11) is 0. The number of hydrogen-bond donors (Lipinski definition) is 2. The van der Waals surface area contributed by atoms with Crippen LogP contribution in [0.1, 0.15) is 24.1 Å². The van der Waals surface area contributed by atoms with Crippen molar-refractivity contribution in [3.8, 4) is 5.75 Å². The van der Waals surface area contributed by atoms with Crippen LogP contribution in [0, 0.1) is 16.3 Å². The monoisotopic (exact) mass is 371 g/mol. The van der Waals surface area contributed by atoms with Gasteiger partial charge in [0.1, 0.15) is 11.6 Å². The van der Waals surface area contributed by atoms with Crippen molar-refractivity contribution < 1.29 is 9.50 Å². The number of nitrogens with one attached hydrogen (secondary N) is 1. The van der Waals surface area contributed by atoms with Crippen LogP contribution in [0.3, 0.4) is 0 Å². The van der Waals surface area contributed by atoms with E-state index in [1.165, 1.54) is 27.3 Å². The quantitative estimate of drug-likeness (QED) is 0.772. The van der Waals surface area contributed by atoms with Crippen LogP contribution < -0.4 is 5.32 Å². The molecule has 2 N–H and O–H groups in total. The van der Waals surface area contributed by atoms with Gasteiger partial charge in [-0.3, -0.25) is 0 Å². The third kappa shape index (κ3) is 3.37. The van der Waals surface area contributed by atoms with Gasteiger partial charge in [0.15, 0.2) is 0 Å². The smallest absolute Gasteiger partial charge is 0.123 e. The van der Waals surface area contributed by atoms with E-state index in [0.29, 0.717) is 5.56 Å². The Balaban J connectivity index is 2.22. The highest BCUT2D eigenvalue weighted by Crippen LogP contribution is 2.28. The number of anilines is 1. The molecular formula is C15H15FINO. The summed E-state index contributed by atoms with van der Waals surface area (Å²) < 4.78 is 14.4. The summed E-state index contributed by atoms with van der Waals surface area (Å²) in [4.78, 5) is 0. The molecule has 2 nitrogen and oxygen atoms in total. The van der Waals surface area contributed by atoms with Gasteiger partial charge in [0.25, 0.3) is 0 Å². The van der Waals surface area contributed by atoms with Gasteiger partial charge in [0, 0.05) is 14.8 Å². The first-order valence-electron chi connectivity index (χ1n) is 5.98. The van der Waals surface area contributed by atoms with E-state index >= 15 is 0 Å². The van der Waals surface area contributed by atoms with Crippen molar-refractivity contribution in [3.63, 3.8) is 0 Å². The van der Waals surface area contributed by atoms with Crippen molar-refractivity contribution >= 4 is 28.3 Å². The van der Waals surface area contributed by atoms with E-state index in [0.717, 1.165) is 5.69 Å². The number of halogens is 2. The van der Waals surface area contributed by atoms with Crippen LogP contribution in [0.2, 0.25) is 0 Å². The molecule has 2 rings (SSSR count). The van der Waals surface area contributed by atoms with Crippen LogP contribution in [-0.2, 0) is 0 Å². The van der Waals surface area contributed by atoms with Gasteiger partial charge in [-0.05, 0) is 72.3 Å². The van der Waals surface area contributed by atoms with Crippen molar-refractivity contribution in [1.29, 1.82) is 0 Å². The zero-order valence-electron chi connectivity index (χ0n) is 10.7. The molecule has 1 unspecified atom stereocenters. The molecular weight excluding hydrogens is 356 g/mol. The van der Waals surface area contributed by atoms with Crippen LogP contribution in [0.4, 0.5) is 10.1 Å². The van der Waals surface area contributed by atoms with E-state index in [4.69, 9.17) is 0 Å². The zero-order valence-corrected chi connectivity index (χ0v) is 12.9. The normalized spacial score (nSPS) is 12.2. The maximum absolute atomic E-state index is 13.2. The van der Waals surface area contributed by atoms with E-state index in [2.05, 4.69) is 27.9 Å². The molecule has 0 aliphatic carbocycles. The number of rotatable bonds is 3. The van der Waals surface area contributed by atoms with E-state index in [-0.39, 0.29) is 17.6 Å². The van der Waals surface area contributed by atoms with E-state index < -0.39 is 0 Å². The number of aryl methyl sites for hydroxylation is 1. The molecule has 0 saturated heterocycles. The first kappa shape index (κ1) is 14.1. The standard InChI is InChI=1S/C15H15FINO/c1-9-3-5-12(8-14(9)17)18-10(2)13-7-11(16)4-6-15(13)19/h3-8,10,18-19H,1-2H3. The Labute approximate surface area is 125 Å². The summed E-state index contributed by atoms with van der Waals surface area (Å²) in [5, 5.41) is 13.0. The van der Waals surface area contributed by atoms with E-state index in [1.807, 2.05) is 32.0 Å². The number of hydrogen-bond acceptors (Lipinski definition) is 2. The minimum atomic E-state index is -0.347. The lowest BCUT2D eigenvalue weighted by Gasteiger charge is -2.17. The molecule has 0 amide bonds. The van der Waals surface area contributed by atoms with Gasteiger partial charge in [-0.2, -0.15) is 0 Å². The minimum Gasteiger partial charge on any atom is -0.508 e. The lowest BCUT2D eigenvalue weighted by atomic mass is 10.1. The second-order valence-corrected chi connectivity index (χ2v) is 5.70. The highest BCUT2D eigenvalue weighted by molar-refractivity contribution is 14.1. The zero-order chi connectivity index (χ0) is 14.0. The molecule has 2 aromatic rings. The molecule has 0 radical (unpaired) electrons. The Morgan fingerprint density at radius 1 is 1.21 bits per heavy atom. The molecule has 0 spiro atoms. The summed E-state index contributed by atoms with van der Waals surface area (Å²) >= 11 is 2.27. The van der Waals surface area contributed by atoms with Gasteiger partial charge in [0.2, 0.25) is 0 Å². The van der Waals surface area contributed by atoms with Crippen LogP contribution in [0.25, 0.3) is 0 Å². The molecule has 0 fully saturated rings. The fraction of sp³-hybridized carbons (Fsp3) is 0.200. The SMILES string of the molecule is Cc1ccc(NC(C)c2cc(F)ccc2O)cc1I. The highest BCUT2D eigenvalue weighted by atomic mass is 127. The Morgan fingerprint density at radius 2 is 1.95 bits per heavy atom. The predicted octanol–water partition coefficient (Wildman–Crippen LogP) is 4.62. The Kier molecular flexibility index (Phi) is 4.29. The van der Waals surface area contributed by atoms with Gasteiger partial charge in [-0.1, -0.05) is 6.07 Å². The molecule has 0 aromatic heterocycles. The van der Waals surface area contributed by atoms with Gasteiger partial charge in [-0.15, -0.1) is 0 Å². The van der Waals surface area contributed by atoms with Crippen molar-refractivity contribution in [2.45, 2.75) is 19.9 Å². The second kappa shape index (κ2) is 5.77. The number of aromatic hydroxyl groups is 1. The van der Waals surface area contributed by atoms with Gasteiger partial charge in [0.05, 0.1) is 6.04 Å². The van der Waals surface area contributed by atoms with Crippen LogP contribution >= 0.6 is 22.6 Å². The van der Waals surface area contributed by atoms with Crippen LogP contribution in [-0.4, -0.2) is 5.11 Å². The molecule has 4 heteroatoms. The molecule has 2 aromatic carbocycles. The Bertz CT molecular complexity index is 601. The van der Waals surface area contributed by atoms with E-state index in [1.54, 1.807) is 0 Å². The molecule has 0 saturated carbocycles. The third-order valence-electron chi connectivity index (χ3n) is 3.01. The average Bonchev–Trinajstić information content (AvgIpc) is 2.36. The maximum atomic E-state index is 13.2. The summed E-state index contributed by atoms with van der Waals surface area (Å²) in [5.74, 6) is -0.247. The van der Waals surface area contributed by atoms with Crippen LogP contribution in [0.5, 0.6) is 5.75 Å². The molecule has 0 heterocycles. The molecule has 0 aliphatic rings. The largest absolute Gasteiger partial charge is 0.508 e. The number of benzene rings is 2. The molecule has 0 aliphatic heterocycles. The van der Waals surface area contributed by atoms with E-state index in [9.17, 15) is 9.50 Å². The molecule has 100 valence electrons. The second-order valence-electron chi connectivity index (χ2n) is 4.53. The third-order valence-corrected chi connectivity index (χ3v) is 4.17. The fourth-order valence-electron chi connectivity index (χ4n) is 1.88. The molecule has 1 atom stereocenters. The molecule has 19 heavy (non-hydrogen) atoms. The minimum absolute atomic E-state index is 0.100. The lowest BCUT2D eigenvalue weighted by Crippen LogP contribution is -2.07. The van der Waals surface area contributed by atoms with Crippen molar-refractivity contribution in [2.75, 3.05) is 5.32 Å². The number of phenols is 1. The first-order chi connectivity index (χ1) is 8.97. The topological polar surface area (TPSA) is 32.3 Å². The lowest BCUT2D eigenvalue weighted by molar-refractivity contribution is 0.462. The molecule has 0 bridgehead atoms. The summed E-state index contributed by atoms with van der Waals surface area (Å²) in [6, 6.07) is 9.85. The van der Waals surface area contributed by atoms with Crippen molar-refractivity contribution in [1.82, 2.24) is 0 Å². The fourth-order valence-corrected chi connectivity index (χ4v) is 2.40. The Morgan fingerprint density at radius 3 is 2.63 bits per heavy atom. The summed E-state index contributed by atoms with van der Waals surface area (Å²) in [5.41, 5.74) is 2.72. The summed E-state index contributed by atoms with van der Waals surface area (Å²) in [6.45, 7) is 3.94. The van der Waals surface area contributed by atoms with Crippen molar-refractivity contribution in [2.24, 2.45) is 0 Å². The average molecular weight is 371 g/mol. The van der Waals surface area contributed by atoms with Crippen LogP contribution in [0.15, 0.2) is 36.4 Å². The summed E-state index contributed by atoms with van der Waals surface area (Å²) in [6.07, 6.45) is 0. The highest BCUT2D eigenvalue weighted by Gasteiger charge is 2.11.